The molecule has 1 aliphatic heterocycles. The Hall–Kier alpha value is -3.48. The Morgan fingerprint density at radius 1 is 1.06 bits per heavy atom. The molecule has 2 amide bonds. The Morgan fingerprint density at radius 2 is 1.81 bits per heavy atom. The van der Waals surface area contributed by atoms with E-state index in [1.54, 1.807) is 17.4 Å². The van der Waals surface area contributed by atoms with Crippen molar-refractivity contribution in [2.45, 2.75) is 25.9 Å². The molecular formula is C24H25FN4O2. The average molecular weight is 420 g/mol. The average Bonchev–Trinajstić information content (AvgIpc) is 3.31. The van der Waals surface area contributed by atoms with Gasteiger partial charge in [0.1, 0.15) is 5.82 Å². The van der Waals surface area contributed by atoms with Gasteiger partial charge in [-0.3, -0.25) is 9.59 Å². The molecule has 4 rings (SSSR count). The van der Waals surface area contributed by atoms with Crippen molar-refractivity contribution in [1.82, 2.24) is 19.8 Å². The predicted molar refractivity (Wildman–Crippen MR) is 115 cm³/mol. The minimum absolute atomic E-state index is 0.0221. The highest BCUT2D eigenvalue weighted by molar-refractivity contribution is 5.94. The molecule has 160 valence electrons. The number of hydrogen-bond acceptors (Lipinski definition) is 3. The number of imidazole rings is 1. The monoisotopic (exact) mass is 420 g/mol. The van der Waals surface area contributed by atoms with Crippen LogP contribution in [0.2, 0.25) is 0 Å². The van der Waals surface area contributed by atoms with Gasteiger partial charge < -0.3 is 14.8 Å². The van der Waals surface area contributed by atoms with Gasteiger partial charge in [0.25, 0.3) is 5.91 Å². The number of nitrogens with one attached hydrogen (secondary N) is 1. The molecule has 2 aromatic carbocycles. The quantitative estimate of drug-likeness (QED) is 0.666. The third-order valence-electron chi connectivity index (χ3n) is 5.63. The van der Waals surface area contributed by atoms with Gasteiger partial charge in [-0.25, -0.2) is 9.37 Å². The van der Waals surface area contributed by atoms with Crippen LogP contribution in [0.5, 0.6) is 0 Å². The lowest BCUT2D eigenvalue weighted by Gasteiger charge is -2.31. The summed E-state index contributed by atoms with van der Waals surface area (Å²) in [5.41, 5.74) is 2.67. The van der Waals surface area contributed by atoms with Crippen LogP contribution in [-0.2, 0) is 17.9 Å². The fourth-order valence-electron chi connectivity index (χ4n) is 3.88. The first kappa shape index (κ1) is 20.8. The molecule has 1 aliphatic rings. The Labute approximate surface area is 180 Å². The summed E-state index contributed by atoms with van der Waals surface area (Å²) in [5.74, 6) is -0.562. The van der Waals surface area contributed by atoms with E-state index >= 15 is 0 Å². The highest BCUT2D eigenvalue weighted by atomic mass is 19.1. The first-order chi connectivity index (χ1) is 15.1. The lowest BCUT2D eigenvalue weighted by Crippen LogP contribution is -2.42. The summed E-state index contributed by atoms with van der Waals surface area (Å²) < 4.78 is 15.1. The van der Waals surface area contributed by atoms with Gasteiger partial charge in [-0.1, -0.05) is 24.3 Å². The number of likely N-dealkylation sites (tertiary alicyclic amines) is 1. The maximum Gasteiger partial charge on any atom is 0.253 e. The first-order valence-electron chi connectivity index (χ1n) is 10.4. The van der Waals surface area contributed by atoms with Crippen LogP contribution in [0, 0.1) is 11.7 Å². The molecule has 1 aromatic heterocycles. The summed E-state index contributed by atoms with van der Waals surface area (Å²) in [5, 5.41) is 3.03. The van der Waals surface area contributed by atoms with Crippen LogP contribution in [0.4, 0.5) is 4.39 Å². The molecule has 6 nitrogen and oxygen atoms in total. The zero-order valence-electron chi connectivity index (χ0n) is 17.2. The number of amides is 2. The summed E-state index contributed by atoms with van der Waals surface area (Å²) in [4.78, 5) is 31.0. The predicted octanol–water partition coefficient (Wildman–Crippen LogP) is 3.24. The van der Waals surface area contributed by atoms with Crippen molar-refractivity contribution in [2.75, 3.05) is 13.1 Å². The first-order valence-corrected chi connectivity index (χ1v) is 10.4. The van der Waals surface area contributed by atoms with E-state index < -0.39 is 0 Å². The number of rotatable bonds is 6. The van der Waals surface area contributed by atoms with Gasteiger partial charge in [-0.05, 0) is 48.2 Å². The van der Waals surface area contributed by atoms with Crippen molar-refractivity contribution in [3.8, 4) is 0 Å². The van der Waals surface area contributed by atoms with Gasteiger partial charge in [0.05, 0.1) is 6.33 Å². The zero-order chi connectivity index (χ0) is 21.6. The molecule has 0 spiro atoms. The standard InChI is InChI=1S/C24H25FN4O2/c25-22-6-4-21(5-7-22)24(31)29-11-8-20(9-12-29)23(30)27-15-18-2-1-3-19(14-18)16-28-13-10-26-17-28/h1-7,10,13-14,17,20H,8-9,11-12,15-16H2,(H,27,30). The summed E-state index contributed by atoms with van der Waals surface area (Å²) in [6.07, 6.45) is 6.70. The van der Waals surface area contributed by atoms with Crippen molar-refractivity contribution in [2.24, 2.45) is 5.92 Å². The Morgan fingerprint density at radius 3 is 2.52 bits per heavy atom. The normalized spacial score (nSPS) is 14.4. The molecule has 2 heterocycles. The van der Waals surface area contributed by atoms with E-state index in [0.717, 1.165) is 17.7 Å². The molecule has 0 radical (unpaired) electrons. The molecule has 3 aromatic rings. The smallest absolute Gasteiger partial charge is 0.253 e. The maximum absolute atomic E-state index is 13.1. The van der Waals surface area contributed by atoms with Crippen LogP contribution in [0.25, 0.3) is 0 Å². The fraction of sp³-hybridized carbons (Fsp3) is 0.292. The van der Waals surface area contributed by atoms with Crippen LogP contribution >= 0.6 is 0 Å². The van der Waals surface area contributed by atoms with Crippen LogP contribution in [0.1, 0.15) is 34.3 Å². The molecule has 0 bridgehead atoms. The van der Waals surface area contributed by atoms with Crippen LogP contribution < -0.4 is 5.32 Å². The van der Waals surface area contributed by atoms with Gasteiger partial charge in [0.2, 0.25) is 5.91 Å². The minimum Gasteiger partial charge on any atom is -0.352 e. The molecule has 7 heteroatoms. The molecular weight excluding hydrogens is 395 g/mol. The number of carbonyl (C=O) groups excluding carboxylic acids is 2. The number of nitrogens with zero attached hydrogens (tertiary/aromatic N) is 3. The molecule has 0 saturated carbocycles. The largest absolute Gasteiger partial charge is 0.352 e. The molecule has 0 unspecified atom stereocenters. The van der Waals surface area contributed by atoms with E-state index in [2.05, 4.69) is 22.4 Å². The molecule has 1 N–H and O–H groups in total. The molecule has 0 atom stereocenters. The van der Waals surface area contributed by atoms with Gasteiger partial charge >= 0.3 is 0 Å². The van der Waals surface area contributed by atoms with Gasteiger partial charge in [-0.2, -0.15) is 0 Å². The zero-order valence-corrected chi connectivity index (χ0v) is 17.2. The van der Waals surface area contributed by atoms with E-state index in [4.69, 9.17) is 0 Å². The second-order valence-electron chi connectivity index (χ2n) is 7.85. The second-order valence-corrected chi connectivity index (χ2v) is 7.85. The summed E-state index contributed by atoms with van der Waals surface area (Å²) in [6.45, 7) is 2.26. The highest BCUT2D eigenvalue weighted by Crippen LogP contribution is 2.20. The number of hydrogen-bond donors (Lipinski definition) is 1. The van der Waals surface area contributed by atoms with Crippen LogP contribution in [-0.4, -0.2) is 39.4 Å². The third-order valence-corrected chi connectivity index (χ3v) is 5.63. The minimum atomic E-state index is -0.362. The van der Waals surface area contributed by atoms with Crippen LogP contribution in [0.15, 0.2) is 67.3 Å². The molecule has 1 saturated heterocycles. The number of benzene rings is 2. The van der Waals surface area contributed by atoms with Gasteiger partial charge in [0.15, 0.2) is 0 Å². The van der Waals surface area contributed by atoms with E-state index in [-0.39, 0.29) is 23.5 Å². The van der Waals surface area contributed by atoms with E-state index in [9.17, 15) is 14.0 Å². The van der Waals surface area contributed by atoms with Gasteiger partial charge in [-0.15, -0.1) is 0 Å². The Bertz CT molecular complexity index is 1030. The Balaban J connectivity index is 1.26. The lowest BCUT2D eigenvalue weighted by atomic mass is 9.95. The number of halogens is 1. The summed E-state index contributed by atoms with van der Waals surface area (Å²) in [7, 11) is 0. The second kappa shape index (κ2) is 9.55. The summed E-state index contributed by atoms with van der Waals surface area (Å²) in [6, 6.07) is 13.7. The van der Waals surface area contributed by atoms with Crippen molar-refractivity contribution < 1.29 is 14.0 Å². The Kier molecular flexibility index (Phi) is 6.40. The number of piperidine rings is 1. The third kappa shape index (κ3) is 5.36. The fourth-order valence-corrected chi connectivity index (χ4v) is 3.88. The SMILES string of the molecule is O=C(NCc1cccc(Cn2ccnc2)c1)C1CCN(C(=O)c2ccc(F)cc2)CC1. The molecule has 0 aliphatic carbocycles. The topological polar surface area (TPSA) is 67.2 Å². The maximum atomic E-state index is 13.1. The molecule has 31 heavy (non-hydrogen) atoms. The lowest BCUT2D eigenvalue weighted by molar-refractivity contribution is -0.126. The van der Waals surface area contributed by atoms with E-state index in [0.29, 0.717) is 38.0 Å². The summed E-state index contributed by atoms with van der Waals surface area (Å²) >= 11 is 0. The van der Waals surface area contributed by atoms with Crippen LogP contribution in [0.3, 0.4) is 0 Å². The number of carbonyl (C=O) groups is 2. The van der Waals surface area contributed by atoms with E-state index in [1.165, 1.54) is 24.3 Å². The molecule has 1 fully saturated rings. The van der Waals surface area contributed by atoms with Gasteiger partial charge in [0, 0.05) is 50.1 Å². The van der Waals surface area contributed by atoms with Crippen molar-refractivity contribution in [1.29, 1.82) is 0 Å². The highest BCUT2D eigenvalue weighted by Gasteiger charge is 2.27. The van der Waals surface area contributed by atoms with E-state index in [1.807, 2.05) is 22.9 Å². The number of aromatic nitrogens is 2. The van der Waals surface area contributed by atoms with Crippen molar-refractivity contribution in [3.05, 3.63) is 89.8 Å². The van der Waals surface area contributed by atoms with Crippen molar-refractivity contribution in [3.63, 3.8) is 0 Å². The van der Waals surface area contributed by atoms with Crippen molar-refractivity contribution >= 4 is 11.8 Å².